The molecule has 37 heavy (non-hydrogen) atoms. The molecule has 0 radical (unpaired) electrons. The second-order valence-electron chi connectivity index (χ2n) is 6.98. The van der Waals surface area contributed by atoms with Crippen molar-refractivity contribution in [2.24, 2.45) is 23.1 Å². The number of nitrogens with zero attached hydrogens (tertiary/aromatic N) is 1. The lowest BCUT2D eigenvalue weighted by Crippen LogP contribution is -2.18. The Morgan fingerprint density at radius 1 is 1.08 bits per heavy atom. The number of primary amides is 3. The molecular formula is C26H36N4O7. The summed E-state index contributed by atoms with van der Waals surface area (Å²) in [6, 6.07) is 17.1. The number of rotatable bonds is 5. The molecule has 11 heteroatoms. The monoisotopic (exact) mass is 516 g/mol. The lowest BCUT2D eigenvalue weighted by atomic mass is 10.1. The molecule has 0 aliphatic carbocycles. The molecule has 202 valence electrons. The maximum atomic E-state index is 10.2. The number of ether oxygens (including phenoxy) is 2. The van der Waals surface area contributed by atoms with Crippen molar-refractivity contribution >= 4 is 18.1 Å². The molecule has 1 atom stereocenters. The Balaban J connectivity index is 0. The van der Waals surface area contributed by atoms with Crippen LogP contribution in [-0.4, -0.2) is 41.9 Å². The summed E-state index contributed by atoms with van der Waals surface area (Å²) in [5, 5.41) is 7.19. The number of para-hydroxylation sites is 1. The Bertz CT molecular complexity index is 1010. The van der Waals surface area contributed by atoms with Gasteiger partial charge in [-0.05, 0) is 19.1 Å². The first-order chi connectivity index (χ1) is 17.4. The third-order valence-electron chi connectivity index (χ3n) is 3.70. The summed E-state index contributed by atoms with van der Waals surface area (Å²) in [5.41, 5.74) is 14.8. The van der Waals surface area contributed by atoms with Crippen LogP contribution in [0.15, 0.2) is 84.3 Å². The van der Waals surface area contributed by atoms with Crippen molar-refractivity contribution in [3.63, 3.8) is 0 Å². The summed E-state index contributed by atoms with van der Waals surface area (Å²) in [4.78, 5) is 31.8. The number of esters is 1. The average Bonchev–Trinajstić information content (AvgIpc) is 3.38. The lowest BCUT2D eigenvalue weighted by Gasteiger charge is -2.03. The number of hydrogen-bond acceptors (Lipinski definition) is 7. The molecule has 0 aliphatic heterocycles. The van der Waals surface area contributed by atoms with Crippen LogP contribution in [0.2, 0.25) is 0 Å². The van der Waals surface area contributed by atoms with Gasteiger partial charge in [-0.2, -0.15) is 0 Å². The molecule has 0 saturated carbocycles. The maximum Gasteiger partial charge on any atom is 0.402 e. The molecule has 0 bridgehead atoms. The number of carbonyl (C=O) groups excluding carboxylic acids is 2. The van der Waals surface area contributed by atoms with E-state index in [-0.39, 0.29) is 11.9 Å². The molecule has 1 unspecified atom stereocenters. The minimum atomic E-state index is -1.33. The van der Waals surface area contributed by atoms with Crippen LogP contribution in [0.25, 0.3) is 11.3 Å². The number of urea groups is 1. The van der Waals surface area contributed by atoms with Crippen molar-refractivity contribution in [1.82, 2.24) is 4.98 Å². The van der Waals surface area contributed by atoms with Crippen molar-refractivity contribution in [3.8, 4) is 17.1 Å². The molecule has 7 N–H and O–H groups in total. The van der Waals surface area contributed by atoms with Gasteiger partial charge in [-0.1, -0.05) is 61.0 Å². The lowest BCUT2D eigenvalue weighted by molar-refractivity contribution is -0.141. The fourth-order valence-electron chi connectivity index (χ4n) is 2.05. The number of aromatic nitrogens is 1. The average molecular weight is 517 g/mol. The van der Waals surface area contributed by atoms with Gasteiger partial charge < -0.3 is 36.2 Å². The van der Waals surface area contributed by atoms with Gasteiger partial charge in [0.25, 0.3) is 0 Å². The van der Waals surface area contributed by atoms with Crippen LogP contribution >= 0.6 is 0 Å². The van der Waals surface area contributed by atoms with Gasteiger partial charge in [-0.3, -0.25) is 4.79 Å². The van der Waals surface area contributed by atoms with Gasteiger partial charge in [0.1, 0.15) is 5.75 Å². The molecule has 0 spiro atoms. The highest BCUT2D eigenvalue weighted by Gasteiger charge is 2.06. The Hall–Kier alpha value is -4.80. The summed E-state index contributed by atoms with van der Waals surface area (Å²) in [6.45, 7) is 9.41. The van der Waals surface area contributed by atoms with E-state index in [0.29, 0.717) is 6.61 Å². The molecule has 11 nitrogen and oxygen atoms in total. The van der Waals surface area contributed by atoms with Crippen LogP contribution in [0.4, 0.5) is 9.59 Å². The second-order valence-corrected chi connectivity index (χ2v) is 6.98. The number of methoxy groups -OCH3 is 1. The summed E-state index contributed by atoms with van der Waals surface area (Å²) >= 11 is 0. The van der Waals surface area contributed by atoms with Gasteiger partial charge in [0.15, 0.2) is 12.2 Å². The number of carbonyl (C=O) groups is 3. The molecule has 3 amide bonds. The fourth-order valence-corrected chi connectivity index (χ4v) is 2.05. The van der Waals surface area contributed by atoms with Gasteiger partial charge in [0.2, 0.25) is 0 Å². The SMILES string of the molecule is C=CC(C)COC(C)=O.COc1ccccc1-c1cnco1.Cc1ccccc1.NC(=O)O.NC(N)=O. The normalized spacial score (nSPS) is 9.41. The topological polar surface area (TPSA) is 194 Å². The zero-order valence-corrected chi connectivity index (χ0v) is 21.5. The highest BCUT2D eigenvalue weighted by atomic mass is 16.5. The van der Waals surface area contributed by atoms with Crippen LogP contribution in [0.5, 0.6) is 5.75 Å². The van der Waals surface area contributed by atoms with Gasteiger partial charge >= 0.3 is 18.1 Å². The predicted octanol–water partition coefficient (Wildman–Crippen LogP) is 4.36. The highest BCUT2D eigenvalue weighted by Crippen LogP contribution is 2.28. The third-order valence-corrected chi connectivity index (χ3v) is 3.70. The smallest absolute Gasteiger partial charge is 0.402 e. The van der Waals surface area contributed by atoms with Gasteiger partial charge in [0.05, 0.1) is 25.5 Å². The quantitative estimate of drug-likeness (QED) is 0.283. The van der Waals surface area contributed by atoms with Gasteiger partial charge in [-0.15, -0.1) is 6.58 Å². The summed E-state index contributed by atoms with van der Waals surface area (Å²) in [5.74, 6) is 1.54. The standard InChI is InChI=1S/C10H9NO2.C7H12O2.C7H8.CH4N2O.CH3NO2/c1-12-9-5-3-2-4-8(9)10-6-11-7-13-10;1-4-6(2)5-9-7(3)8;1-7-5-3-2-4-6-7;2*2-1(3)4/h2-7H,1H3;4,6H,1,5H2,2-3H3;2-6H,1H3;(H4,2,3,4);2H2,(H,3,4). The Kier molecular flexibility index (Phi) is 20.2. The van der Waals surface area contributed by atoms with E-state index in [9.17, 15) is 4.79 Å². The summed E-state index contributed by atoms with van der Waals surface area (Å²) < 4.78 is 15.0. The van der Waals surface area contributed by atoms with Crippen molar-refractivity contribution in [3.05, 3.63) is 85.4 Å². The summed E-state index contributed by atoms with van der Waals surface area (Å²) in [7, 11) is 1.63. The third kappa shape index (κ3) is 22.7. The molecule has 0 fully saturated rings. The second kappa shape index (κ2) is 21.7. The molecule has 2 aromatic carbocycles. The zero-order valence-electron chi connectivity index (χ0n) is 21.5. The largest absolute Gasteiger partial charge is 0.496 e. The fraction of sp³-hybridized carbons (Fsp3) is 0.231. The summed E-state index contributed by atoms with van der Waals surface area (Å²) in [6.07, 6.45) is 3.49. The zero-order chi connectivity index (χ0) is 28.6. The Morgan fingerprint density at radius 2 is 1.59 bits per heavy atom. The van der Waals surface area contributed by atoms with Crippen LogP contribution < -0.4 is 21.9 Å². The highest BCUT2D eigenvalue weighted by molar-refractivity contribution is 5.69. The van der Waals surface area contributed by atoms with Crippen molar-refractivity contribution in [2.45, 2.75) is 20.8 Å². The van der Waals surface area contributed by atoms with Crippen LogP contribution in [-0.2, 0) is 9.53 Å². The van der Waals surface area contributed by atoms with E-state index in [1.165, 1.54) is 18.9 Å². The van der Waals surface area contributed by atoms with E-state index >= 15 is 0 Å². The van der Waals surface area contributed by atoms with Crippen molar-refractivity contribution in [1.29, 1.82) is 0 Å². The Labute approximate surface area is 216 Å². The number of oxazole rings is 1. The van der Waals surface area contributed by atoms with Crippen LogP contribution in [0.3, 0.4) is 0 Å². The van der Waals surface area contributed by atoms with E-state index in [2.05, 4.69) is 52.6 Å². The molecule has 3 rings (SSSR count). The first-order valence-electron chi connectivity index (χ1n) is 10.8. The van der Waals surface area contributed by atoms with E-state index in [1.54, 1.807) is 19.4 Å². The van der Waals surface area contributed by atoms with E-state index in [0.717, 1.165) is 17.1 Å². The molecule has 1 heterocycles. The Morgan fingerprint density at radius 3 is 1.97 bits per heavy atom. The maximum absolute atomic E-state index is 10.2. The molecule has 0 aliphatic rings. The van der Waals surface area contributed by atoms with Crippen LogP contribution in [0.1, 0.15) is 19.4 Å². The molecule has 3 aromatic rings. The minimum absolute atomic E-state index is 0.233. The van der Waals surface area contributed by atoms with Gasteiger partial charge in [-0.25, -0.2) is 14.6 Å². The van der Waals surface area contributed by atoms with E-state index in [1.807, 2.05) is 49.4 Å². The van der Waals surface area contributed by atoms with E-state index in [4.69, 9.17) is 23.8 Å². The first kappa shape index (κ1) is 34.4. The molecular weight excluding hydrogens is 480 g/mol. The molecule has 0 saturated heterocycles. The number of nitrogens with two attached hydrogens (primary N) is 3. The first-order valence-corrected chi connectivity index (χ1v) is 10.8. The van der Waals surface area contributed by atoms with Crippen LogP contribution in [0, 0.1) is 12.8 Å². The number of amides is 3. The number of benzene rings is 2. The van der Waals surface area contributed by atoms with E-state index < -0.39 is 12.1 Å². The number of aryl methyl sites for hydroxylation is 1. The van der Waals surface area contributed by atoms with Crippen molar-refractivity contribution in [2.75, 3.05) is 13.7 Å². The number of hydrogen-bond donors (Lipinski definition) is 4. The number of carboxylic acid groups (broad SMARTS) is 1. The van der Waals surface area contributed by atoms with Crippen molar-refractivity contribution < 1.29 is 33.4 Å². The minimum Gasteiger partial charge on any atom is -0.496 e. The molecule has 1 aromatic heterocycles. The predicted molar refractivity (Wildman–Crippen MR) is 142 cm³/mol. The van der Waals surface area contributed by atoms with Gasteiger partial charge in [0, 0.05) is 12.8 Å².